The number of carbonyl (C=O) groups excluding carboxylic acids is 1. The maximum Gasteiger partial charge on any atom is 0.331 e. The lowest BCUT2D eigenvalue weighted by Gasteiger charge is -2.59. The number of hydrogen-bond acceptors (Lipinski definition) is 10. The molecule has 0 radical (unpaired) electrons. The fourth-order valence-electron chi connectivity index (χ4n) is 11.1. The van der Waals surface area contributed by atoms with Crippen molar-refractivity contribution in [3.8, 4) is 0 Å². The maximum absolute atomic E-state index is 12.2. The largest absolute Gasteiger partial charge is 0.456 e. The van der Waals surface area contributed by atoms with Crippen molar-refractivity contribution in [1.82, 2.24) is 0 Å². The monoisotopic (exact) mass is 786 g/mol. The molecule has 7 aliphatic heterocycles. The molecule has 6 fully saturated rings. The lowest BCUT2D eigenvalue weighted by atomic mass is 9.73. The summed E-state index contributed by atoms with van der Waals surface area (Å²) in [6, 6.07) is 20.6. The van der Waals surface area contributed by atoms with Crippen LogP contribution in [0.1, 0.15) is 104 Å². The Hall–Kier alpha value is -2.67. The Labute approximate surface area is 338 Å². The highest BCUT2D eigenvalue weighted by molar-refractivity contribution is 5.84. The second kappa shape index (κ2) is 15.4. The molecule has 7 heterocycles. The van der Waals surface area contributed by atoms with E-state index in [-0.39, 0.29) is 72.9 Å². The molecule has 2 aromatic rings. The van der Waals surface area contributed by atoms with Crippen LogP contribution in [0.15, 0.2) is 72.3 Å². The fraction of sp³-hybridized carbons (Fsp3) is 0.681. The summed E-state index contributed by atoms with van der Waals surface area (Å²) in [5, 5.41) is 0. The molecule has 10 nitrogen and oxygen atoms in total. The molecule has 7 aliphatic rings. The third-order valence-corrected chi connectivity index (χ3v) is 14.5. The molecule has 0 amide bonds. The van der Waals surface area contributed by atoms with E-state index in [1.54, 1.807) is 6.08 Å². The zero-order valence-corrected chi connectivity index (χ0v) is 34.6. The van der Waals surface area contributed by atoms with Crippen molar-refractivity contribution in [2.24, 2.45) is 5.92 Å². The number of benzene rings is 2. The van der Waals surface area contributed by atoms with Crippen molar-refractivity contribution >= 4 is 5.97 Å². The minimum absolute atomic E-state index is 0.0960. The van der Waals surface area contributed by atoms with Gasteiger partial charge in [0.25, 0.3) is 0 Å². The summed E-state index contributed by atoms with van der Waals surface area (Å²) in [5.41, 5.74) is 0.955. The zero-order chi connectivity index (χ0) is 39.6. The van der Waals surface area contributed by atoms with Gasteiger partial charge in [0, 0.05) is 44.8 Å². The number of fused-ring (bicyclic) bond motifs is 6. The molecule has 0 spiro atoms. The second-order valence-corrected chi connectivity index (χ2v) is 19.0. The summed E-state index contributed by atoms with van der Waals surface area (Å²) in [5.74, 6) is -0.111. The lowest BCUT2D eigenvalue weighted by Crippen LogP contribution is -2.69. The molecule has 310 valence electrons. The van der Waals surface area contributed by atoms with Gasteiger partial charge >= 0.3 is 5.97 Å². The van der Waals surface area contributed by atoms with E-state index in [2.05, 4.69) is 71.0 Å². The van der Waals surface area contributed by atoms with Crippen molar-refractivity contribution in [2.75, 3.05) is 6.61 Å². The van der Waals surface area contributed by atoms with Crippen LogP contribution in [0.2, 0.25) is 0 Å². The number of ether oxygens (including phenoxy) is 9. The van der Waals surface area contributed by atoms with Crippen LogP contribution in [0.5, 0.6) is 0 Å². The minimum Gasteiger partial charge on any atom is -0.456 e. The number of rotatable bonds is 8. The van der Waals surface area contributed by atoms with Gasteiger partial charge in [0.1, 0.15) is 12.2 Å². The molecule has 0 N–H and O–H groups in total. The standard InChI is InChI=1S/C47H62O10/c1-29-21-34-36(25-46(5)37(52-34)23-35-43(56-46)30(2)22-41(48)53-35)51-33-17-18-45(4)38(54-42(29)33)24-39-47(6,57-45)26-40(50-28-32-15-11-8-12-16-32)44(3,55-39)19-20-49-27-31-13-9-7-10-14-31/h7-16,22,29,33-40,42-43H,17-21,23-28H2,1-6H3/t29-,33+,34+,35+,36-,37-,38+,39-,40-,42-,43-,44+,45-,46+,47+/m1/s1. The molecule has 6 saturated heterocycles. The third kappa shape index (κ3) is 7.79. The van der Waals surface area contributed by atoms with Gasteiger partial charge in [-0.25, -0.2) is 4.79 Å². The summed E-state index contributed by atoms with van der Waals surface area (Å²) in [6.45, 7) is 14.6. The summed E-state index contributed by atoms with van der Waals surface area (Å²) in [6.07, 6.45) is 5.65. The molecule has 0 aliphatic carbocycles. The highest BCUT2D eigenvalue weighted by Gasteiger charge is 2.62. The van der Waals surface area contributed by atoms with Crippen molar-refractivity contribution in [1.29, 1.82) is 0 Å². The SMILES string of the molecule is CC1=CC(=O)O[C@H]2C[C@H]3O[C@H]4C[C@@H](C)[C@H]5O[C@H]6C[C@H]7O[C@@](C)(CCOCc8ccccc8)[C@H](OCc8ccccc8)C[C@]7(C)O[C@]6(C)CC[C@@H]5O[C@@H]4C[C@]3(C)O[C@H]12. The predicted octanol–water partition coefficient (Wildman–Crippen LogP) is 7.58. The molecular formula is C47H62O10. The van der Waals surface area contributed by atoms with Gasteiger partial charge in [-0.3, -0.25) is 0 Å². The van der Waals surface area contributed by atoms with E-state index in [4.69, 9.17) is 42.6 Å². The molecule has 15 atom stereocenters. The maximum atomic E-state index is 12.2. The summed E-state index contributed by atoms with van der Waals surface area (Å²) < 4.78 is 61.3. The first kappa shape index (κ1) is 39.8. The normalized spacial score (nSPS) is 45.3. The zero-order valence-electron chi connectivity index (χ0n) is 34.6. The Morgan fingerprint density at radius 3 is 2.19 bits per heavy atom. The van der Waals surface area contributed by atoms with Crippen LogP contribution in [0, 0.1) is 5.92 Å². The summed E-state index contributed by atoms with van der Waals surface area (Å²) in [4.78, 5) is 12.2. The van der Waals surface area contributed by atoms with E-state index in [0.29, 0.717) is 45.5 Å². The number of hydrogen-bond donors (Lipinski definition) is 0. The first-order valence-electron chi connectivity index (χ1n) is 21.5. The fourth-order valence-corrected chi connectivity index (χ4v) is 11.1. The van der Waals surface area contributed by atoms with E-state index < -0.39 is 22.4 Å². The average molecular weight is 787 g/mol. The van der Waals surface area contributed by atoms with Gasteiger partial charge in [-0.1, -0.05) is 67.6 Å². The second-order valence-electron chi connectivity index (χ2n) is 19.0. The van der Waals surface area contributed by atoms with Crippen LogP contribution in [-0.2, 0) is 60.6 Å². The van der Waals surface area contributed by atoms with Gasteiger partial charge in [0.15, 0.2) is 0 Å². The quantitative estimate of drug-likeness (QED) is 0.197. The Morgan fingerprint density at radius 2 is 1.44 bits per heavy atom. The highest BCUT2D eigenvalue weighted by Crippen LogP contribution is 2.53. The van der Waals surface area contributed by atoms with Gasteiger partial charge in [-0.2, -0.15) is 0 Å². The highest BCUT2D eigenvalue weighted by atomic mass is 16.6. The van der Waals surface area contributed by atoms with Crippen LogP contribution in [0.3, 0.4) is 0 Å². The molecule has 0 bridgehead atoms. The third-order valence-electron chi connectivity index (χ3n) is 14.5. The molecule has 0 unspecified atom stereocenters. The molecule has 0 saturated carbocycles. The smallest absolute Gasteiger partial charge is 0.331 e. The molecular weight excluding hydrogens is 725 g/mol. The van der Waals surface area contributed by atoms with Crippen LogP contribution in [-0.4, -0.2) is 96.0 Å². The Bertz CT molecular complexity index is 1770. The average Bonchev–Trinajstić information content (AvgIpc) is 3.39. The molecule has 2 aromatic carbocycles. The van der Waals surface area contributed by atoms with Gasteiger partial charge in [0.05, 0.1) is 84.4 Å². The Balaban J connectivity index is 0.911. The van der Waals surface area contributed by atoms with E-state index in [1.807, 2.05) is 31.2 Å². The molecule has 10 heteroatoms. The first-order valence-corrected chi connectivity index (χ1v) is 21.5. The van der Waals surface area contributed by atoms with Gasteiger partial charge < -0.3 is 42.6 Å². The van der Waals surface area contributed by atoms with Gasteiger partial charge in [-0.15, -0.1) is 0 Å². The number of carbonyl (C=O) groups is 1. The van der Waals surface area contributed by atoms with E-state index in [0.717, 1.165) is 42.4 Å². The Morgan fingerprint density at radius 1 is 0.719 bits per heavy atom. The van der Waals surface area contributed by atoms with E-state index in [1.165, 1.54) is 0 Å². The predicted molar refractivity (Wildman–Crippen MR) is 211 cm³/mol. The van der Waals surface area contributed by atoms with E-state index >= 15 is 0 Å². The summed E-state index contributed by atoms with van der Waals surface area (Å²) >= 11 is 0. The first-order chi connectivity index (χ1) is 27.3. The lowest BCUT2D eigenvalue weighted by molar-refractivity contribution is -0.345. The van der Waals surface area contributed by atoms with Crippen molar-refractivity contribution in [3.05, 3.63) is 83.4 Å². The van der Waals surface area contributed by atoms with Crippen LogP contribution >= 0.6 is 0 Å². The van der Waals surface area contributed by atoms with Crippen LogP contribution in [0.4, 0.5) is 0 Å². The minimum atomic E-state index is -0.592. The Kier molecular flexibility index (Phi) is 10.8. The van der Waals surface area contributed by atoms with Gasteiger partial charge in [0.2, 0.25) is 0 Å². The van der Waals surface area contributed by atoms with Crippen LogP contribution < -0.4 is 0 Å². The molecule has 9 rings (SSSR count). The summed E-state index contributed by atoms with van der Waals surface area (Å²) in [7, 11) is 0. The van der Waals surface area contributed by atoms with E-state index in [9.17, 15) is 4.79 Å². The van der Waals surface area contributed by atoms with Crippen LogP contribution in [0.25, 0.3) is 0 Å². The molecule has 57 heavy (non-hydrogen) atoms. The van der Waals surface area contributed by atoms with Crippen molar-refractivity contribution in [2.45, 2.75) is 190 Å². The van der Waals surface area contributed by atoms with Crippen molar-refractivity contribution in [3.63, 3.8) is 0 Å². The number of esters is 1. The topological polar surface area (TPSA) is 100 Å². The molecule has 0 aromatic heterocycles. The van der Waals surface area contributed by atoms with Gasteiger partial charge in [-0.05, 0) is 76.5 Å². The van der Waals surface area contributed by atoms with Crippen molar-refractivity contribution < 1.29 is 47.4 Å².